The molecule has 0 spiro atoms. The van der Waals surface area contributed by atoms with E-state index in [2.05, 4.69) is 37.3 Å². The Bertz CT molecular complexity index is 356. The van der Waals surface area contributed by atoms with Gasteiger partial charge in [-0.05, 0) is 42.7 Å². The monoisotopic (exact) mass is 170 g/mol. The van der Waals surface area contributed by atoms with E-state index < -0.39 is 0 Å². The number of allylic oxidation sites excluding steroid dienone is 2. The Morgan fingerprint density at radius 3 is 2.54 bits per heavy atom. The second-order valence-corrected chi connectivity index (χ2v) is 4.42. The van der Waals surface area contributed by atoms with Crippen LogP contribution >= 0.6 is 0 Å². The van der Waals surface area contributed by atoms with Crippen LogP contribution in [0.1, 0.15) is 24.0 Å². The van der Waals surface area contributed by atoms with Crippen molar-refractivity contribution >= 4 is 5.57 Å². The van der Waals surface area contributed by atoms with E-state index in [9.17, 15) is 0 Å². The van der Waals surface area contributed by atoms with Gasteiger partial charge in [0.25, 0.3) is 0 Å². The molecule has 1 fully saturated rings. The summed E-state index contributed by atoms with van der Waals surface area (Å²) in [5, 5.41) is 0. The lowest BCUT2D eigenvalue weighted by atomic mass is 10.0. The van der Waals surface area contributed by atoms with E-state index in [1.165, 1.54) is 24.0 Å². The molecule has 2 aliphatic rings. The Kier molecular flexibility index (Phi) is 1.40. The van der Waals surface area contributed by atoms with E-state index in [4.69, 9.17) is 0 Å². The van der Waals surface area contributed by atoms with Crippen LogP contribution in [0.25, 0.3) is 5.57 Å². The molecule has 13 heavy (non-hydrogen) atoms. The second kappa shape index (κ2) is 2.47. The number of benzene rings is 1. The Morgan fingerprint density at radius 1 is 1.15 bits per heavy atom. The van der Waals surface area contributed by atoms with E-state index in [0.717, 1.165) is 11.8 Å². The van der Waals surface area contributed by atoms with Crippen molar-refractivity contribution < 1.29 is 0 Å². The molecule has 0 aliphatic heterocycles. The number of aryl methyl sites for hydroxylation is 1. The van der Waals surface area contributed by atoms with Crippen molar-refractivity contribution in [3.05, 3.63) is 41.5 Å². The molecular weight excluding hydrogens is 156 g/mol. The molecule has 66 valence electrons. The largest absolute Gasteiger partial charge is 0.0773 e. The summed E-state index contributed by atoms with van der Waals surface area (Å²) in [4.78, 5) is 0. The Hall–Kier alpha value is -1.04. The highest BCUT2D eigenvalue weighted by molar-refractivity contribution is 5.69. The molecule has 0 radical (unpaired) electrons. The fourth-order valence-corrected chi connectivity index (χ4v) is 2.30. The van der Waals surface area contributed by atoms with Crippen molar-refractivity contribution in [2.24, 2.45) is 11.8 Å². The van der Waals surface area contributed by atoms with Gasteiger partial charge in [0.05, 0.1) is 0 Å². The lowest BCUT2D eigenvalue weighted by Gasteiger charge is -2.03. The molecule has 1 aromatic carbocycles. The molecule has 2 unspecified atom stereocenters. The van der Waals surface area contributed by atoms with Crippen LogP contribution in [0.15, 0.2) is 30.3 Å². The van der Waals surface area contributed by atoms with Gasteiger partial charge in [0.2, 0.25) is 0 Å². The highest BCUT2D eigenvalue weighted by Gasteiger charge is 2.40. The summed E-state index contributed by atoms with van der Waals surface area (Å²) in [6, 6.07) is 8.93. The van der Waals surface area contributed by atoms with Gasteiger partial charge < -0.3 is 0 Å². The van der Waals surface area contributed by atoms with Crippen molar-refractivity contribution in [2.75, 3.05) is 0 Å². The van der Waals surface area contributed by atoms with Crippen LogP contribution < -0.4 is 0 Å². The van der Waals surface area contributed by atoms with E-state index in [1.807, 2.05) is 0 Å². The van der Waals surface area contributed by atoms with Gasteiger partial charge in [-0.3, -0.25) is 0 Å². The zero-order valence-corrected chi connectivity index (χ0v) is 7.96. The van der Waals surface area contributed by atoms with Crippen molar-refractivity contribution in [1.82, 2.24) is 0 Å². The normalized spacial score (nSPS) is 29.8. The molecule has 0 bridgehead atoms. The second-order valence-electron chi connectivity index (χ2n) is 4.42. The predicted molar refractivity (Wildman–Crippen MR) is 55.4 cm³/mol. The average molecular weight is 170 g/mol. The van der Waals surface area contributed by atoms with Crippen LogP contribution in [0.2, 0.25) is 0 Å². The lowest BCUT2D eigenvalue weighted by Crippen LogP contribution is -1.83. The van der Waals surface area contributed by atoms with Gasteiger partial charge in [-0.25, -0.2) is 0 Å². The van der Waals surface area contributed by atoms with Gasteiger partial charge in [0, 0.05) is 0 Å². The van der Waals surface area contributed by atoms with E-state index >= 15 is 0 Å². The minimum Gasteiger partial charge on any atom is -0.0773 e. The third kappa shape index (κ3) is 1.21. The average Bonchev–Trinajstić information content (AvgIpc) is 2.75. The maximum absolute atomic E-state index is 2.48. The van der Waals surface area contributed by atoms with Crippen LogP contribution in [0.5, 0.6) is 0 Å². The number of fused-ring (bicyclic) bond motifs is 1. The first-order chi connectivity index (χ1) is 6.33. The lowest BCUT2D eigenvalue weighted by molar-refractivity contribution is 0.862. The molecule has 0 amide bonds. The maximum Gasteiger partial charge on any atom is -0.0193 e. The molecule has 0 aromatic heterocycles. The van der Waals surface area contributed by atoms with Crippen molar-refractivity contribution in [2.45, 2.75) is 19.8 Å². The SMILES string of the molecule is Cc1ccc(C2=CC3CC3C2)cc1. The highest BCUT2D eigenvalue weighted by atomic mass is 14.4. The van der Waals surface area contributed by atoms with Crippen molar-refractivity contribution in [1.29, 1.82) is 0 Å². The Morgan fingerprint density at radius 2 is 1.92 bits per heavy atom. The molecule has 2 atom stereocenters. The molecular formula is C13H14. The first kappa shape index (κ1) is 7.37. The van der Waals surface area contributed by atoms with E-state index in [-0.39, 0.29) is 0 Å². The third-order valence-corrected chi connectivity index (χ3v) is 3.30. The van der Waals surface area contributed by atoms with Crippen LogP contribution in [0.3, 0.4) is 0 Å². The first-order valence-electron chi connectivity index (χ1n) is 5.11. The smallest absolute Gasteiger partial charge is 0.0193 e. The highest BCUT2D eigenvalue weighted by Crippen LogP contribution is 2.52. The van der Waals surface area contributed by atoms with Gasteiger partial charge in [-0.15, -0.1) is 0 Å². The summed E-state index contributed by atoms with van der Waals surface area (Å²) in [5.41, 5.74) is 4.38. The fraction of sp³-hybridized carbons (Fsp3) is 0.385. The van der Waals surface area contributed by atoms with Gasteiger partial charge in [-0.2, -0.15) is 0 Å². The molecule has 0 N–H and O–H groups in total. The number of hydrogen-bond acceptors (Lipinski definition) is 0. The summed E-state index contributed by atoms with van der Waals surface area (Å²) in [5.74, 6) is 1.95. The predicted octanol–water partition coefficient (Wildman–Crippen LogP) is 3.42. The minimum absolute atomic E-state index is 0.941. The van der Waals surface area contributed by atoms with Gasteiger partial charge in [-0.1, -0.05) is 35.9 Å². The molecule has 0 nitrogen and oxygen atoms in total. The summed E-state index contributed by atoms with van der Waals surface area (Å²) >= 11 is 0. The van der Waals surface area contributed by atoms with Crippen molar-refractivity contribution in [3.8, 4) is 0 Å². The Labute approximate surface area is 79.3 Å². The molecule has 1 saturated carbocycles. The standard InChI is InChI=1S/C13H14/c1-9-2-4-10(5-3-9)11-6-12-8-13(12)7-11/h2-6,12-13H,7-8H2,1H3. The van der Waals surface area contributed by atoms with Crippen molar-refractivity contribution in [3.63, 3.8) is 0 Å². The molecule has 0 saturated heterocycles. The molecule has 2 aliphatic carbocycles. The first-order valence-corrected chi connectivity index (χ1v) is 5.11. The molecule has 0 heterocycles. The van der Waals surface area contributed by atoms with Gasteiger partial charge in [0.1, 0.15) is 0 Å². The quantitative estimate of drug-likeness (QED) is 0.605. The molecule has 3 rings (SSSR count). The molecule has 1 aromatic rings. The van der Waals surface area contributed by atoms with Gasteiger partial charge in [0.15, 0.2) is 0 Å². The van der Waals surface area contributed by atoms with E-state index in [1.54, 1.807) is 5.57 Å². The fourth-order valence-electron chi connectivity index (χ4n) is 2.30. The minimum atomic E-state index is 0.941. The number of rotatable bonds is 1. The van der Waals surface area contributed by atoms with E-state index in [0.29, 0.717) is 0 Å². The zero-order chi connectivity index (χ0) is 8.84. The summed E-state index contributed by atoms with van der Waals surface area (Å²) < 4.78 is 0. The summed E-state index contributed by atoms with van der Waals surface area (Å²) in [7, 11) is 0. The zero-order valence-electron chi connectivity index (χ0n) is 7.96. The summed E-state index contributed by atoms with van der Waals surface area (Å²) in [6.07, 6.45) is 5.26. The summed E-state index contributed by atoms with van der Waals surface area (Å²) in [6.45, 7) is 2.14. The van der Waals surface area contributed by atoms with Crippen LogP contribution in [-0.4, -0.2) is 0 Å². The third-order valence-electron chi connectivity index (χ3n) is 3.30. The topological polar surface area (TPSA) is 0 Å². The van der Waals surface area contributed by atoms with Crippen LogP contribution in [0, 0.1) is 18.8 Å². The van der Waals surface area contributed by atoms with Gasteiger partial charge >= 0.3 is 0 Å². The number of hydrogen-bond donors (Lipinski definition) is 0. The maximum atomic E-state index is 2.48. The van der Waals surface area contributed by atoms with Crippen LogP contribution in [0.4, 0.5) is 0 Å². The van der Waals surface area contributed by atoms with Crippen LogP contribution in [-0.2, 0) is 0 Å². The molecule has 0 heteroatoms. The Balaban J connectivity index is 1.92.